The Balaban J connectivity index is 2.43. The van der Waals surface area contributed by atoms with Crippen LogP contribution in [0.25, 0.3) is 0 Å². The molecule has 2 rings (SSSR count). The summed E-state index contributed by atoms with van der Waals surface area (Å²) in [7, 11) is -4.02. The lowest BCUT2D eigenvalue weighted by Crippen LogP contribution is -2.38. The topological polar surface area (TPSA) is 46.2 Å². The first-order valence-corrected chi connectivity index (χ1v) is 7.90. The second kappa shape index (κ2) is 4.89. The van der Waals surface area contributed by atoms with Crippen molar-refractivity contribution in [1.29, 1.82) is 0 Å². The predicted octanol–water partition coefficient (Wildman–Crippen LogP) is 3.06. The van der Waals surface area contributed by atoms with Crippen LogP contribution in [-0.4, -0.2) is 19.8 Å². The molecule has 1 aromatic carbocycles. The Kier molecular flexibility index (Phi) is 3.81. The van der Waals surface area contributed by atoms with Crippen molar-refractivity contribution >= 4 is 21.6 Å². The fraction of sp³-hybridized carbons (Fsp3) is 0.500. The number of alkyl halides is 4. The molecule has 0 amide bonds. The molecular formula is C12H13ClF3NO2S. The maximum Gasteiger partial charge on any atom is 0.416 e. The minimum absolute atomic E-state index is 0.101. The van der Waals surface area contributed by atoms with Crippen molar-refractivity contribution in [2.24, 2.45) is 0 Å². The van der Waals surface area contributed by atoms with E-state index in [2.05, 4.69) is 4.72 Å². The standard InChI is InChI=1S/C12H13ClF3NO2S/c1-8-9(12(14,15)16)3-2-4-10(8)20(18,19)17-11(7-13)5-6-11/h2-4,17H,5-7H2,1H3. The Morgan fingerprint density at radius 2 is 1.95 bits per heavy atom. The van der Waals surface area contributed by atoms with Gasteiger partial charge in [0.1, 0.15) is 0 Å². The Morgan fingerprint density at radius 1 is 1.35 bits per heavy atom. The molecule has 0 saturated heterocycles. The Bertz CT molecular complexity index is 624. The molecule has 0 atom stereocenters. The average molecular weight is 328 g/mol. The van der Waals surface area contributed by atoms with Crippen molar-refractivity contribution in [2.75, 3.05) is 5.88 Å². The number of sulfonamides is 1. The lowest BCUT2D eigenvalue weighted by atomic mass is 10.1. The van der Waals surface area contributed by atoms with Crippen LogP contribution in [0.3, 0.4) is 0 Å². The van der Waals surface area contributed by atoms with E-state index in [-0.39, 0.29) is 16.3 Å². The summed E-state index contributed by atoms with van der Waals surface area (Å²) in [4.78, 5) is -0.358. The Labute approximate surface area is 120 Å². The molecule has 1 aromatic rings. The van der Waals surface area contributed by atoms with Crippen molar-refractivity contribution in [2.45, 2.75) is 36.4 Å². The van der Waals surface area contributed by atoms with Gasteiger partial charge in [-0.05, 0) is 37.5 Å². The summed E-state index contributed by atoms with van der Waals surface area (Å²) in [5.74, 6) is 0.101. The summed E-state index contributed by atoms with van der Waals surface area (Å²) in [6.45, 7) is 1.15. The predicted molar refractivity (Wildman–Crippen MR) is 69.2 cm³/mol. The molecule has 1 N–H and O–H groups in total. The van der Waals surface area contributed by atoms with Crippen molar-refractivity contribution in [3.8, 4) is 0 Å². The summed E-state index contributed by atoms with van der Waals surface area (Å²) >= 11 is 5.69. The fourth-order valence-electron chi connectivity index (χ4n) is 1.97. The fourth-order valence-corrected chi connectivity index (χ4v) is 4.11. The highest BCUT2D eigenvalue weighted by Gasteiger charge is 2.46. The molecule has 0 spiro atoms. The van der Waals surface area contributed by atoms with E-state index in [1.165, 1.54) is 0 Å². The summed E-state index contributed by atoms with van der Waals surface area (Å²) in [5.41, 5.74) is -1.96. The second-order valence-corrected chi connectivity index (χ2v) is 6.86. The van der Waals surface area contributed by atoms with Crippen molar-refractivity contribution in [1.82, 2.24) is 4.72 Å². The quantitative estimate of drug-likeness (QED) is 0.864. The molecule has 1 saturated carbocycles. The third-order valence-electron chi connectivity index (χ3n) is 3.34. The largest absolute Gasteiger partial charge is 0.416 e. The maximum atomic E-state index is 12.8. The average Bonchev–Trinajstić information content (AvgIpc) is 3.07. The van der Waals surface area contributed by atoms with Crippen molar-refractivity contribution < 1.29 is 21.6 Å². The zero-order chi connectivity index (χ0) is 15.2. The highest BCUT2D eigenvalue weighted by atomic mass is 35.5. The molecular weight excluding hydrogens is 315 g/mol. The van der Waals surface area contributed by atoms with E-state index in [9.17, 15) is 21.6 Å². The van der Waals surface area contributed by atoms with Crippen molar-refractivity contribution in [3.05, 3.63) is 29.3 Å². The first kappa shape index (κ1) is 15.6. The molecule has 1 aliphatic carbocycles. The van der Waals surface area contributed by atoms with E-state index in [1.54, 1.807) is 0 Å². The van der Waals surface area contributed by atoms with Gasteiger partial charge in [0.25, 0.3) is 0 Å². The zero-order valence-electron chi connectivity index (χ0n) is 10.6. The molecule has 0 radical (unpaired) electrons. The first-order chi connectivity index (χ1) is 9.11. The molecule has 3 nitrogen and oxygen atoms in total. The molecule has 8 heteroatoms. The van der Waals surface area contributed by atoms with Gasteiger partial charge in [0.2, 0.25) is 10.0 Å². The van der Waals surface area contributed by atoms with Gasteiger partial charge in [-0.2, -0.15) is 13.2 Å². The summed E-state index contributed by atoms with van der Waals surface area (Å²) in [6, 6.07) is 3.12. The van der Waals surface area contributed by atoms with E-state index in [1.807, 2.05) is 0 Å². The van der Waals surface area contributed by atoms with Crippen LogP contribution < -0.4 is 4.72 Å². The van der Waals surface area contributed by atoms with Gasteiger partial charge in [-0.3, -0.25) is 0 Å². The number of nitrogens with one attached hydrogen (secondary N) is 1. The Hall–Kier alpha value is -0.790. The lowest BCUT2D eigenvalue weighted by molar-refractivity contribution is -0.138. The number of hydrogen-bond acceptors (Lipinski definition) is 2. The number of rotatable bonds is 4. The molecule has 0 heterocycles. The van der Waals surface area contributed by atoms with Gasteiger partial charge in [0.15, 0.2) is 0 Å². The molecule has 1 fully saturated rings. The summed E-state index contributed by atoms with van der Waals surface area (Å²) < 4.78 is 65.2. The molecule has 0 aliphatic heterocycles. The number of halogens is 4. The van der Waals surface area contributed by atoms with Crippen LogP contribution in [0, 0.1) is 6.92 Å². The van der Waals surface area contributed by atoms with E-state index in [0.29, 0.717) is 12.8 Å². The first-order valence-electron chi connectivity index (χ1n) is 5.88. The van der Waals surface area contributed by atoms with Crippen LogP contribution in [0.5, 0.6) is 0 Å². The third-order valence-corrected chi connectivity index (χ3v) is 5.57. The van der Waals surface area contributed by atoms with Gasteiger partial charge in [0.05, 0.1) is 10.5 Å². The molecule has 1 aliphatic rings. The van der Waals surface area contributed by atoms with Crippen LogP contribution >= 0.6 is 11.6 Å². The number of hydrogen-bond donors (Lipinski definition) is 1. The summed E-state index contributed by atoms with van der Waals surface area (Å²) in [6.07, 6.45) is -3.40. The second-order valence-electron chi connectivity index (χ2n) is 4.95. The van der Waals surface area contributed by atoms with Crippen LogP contribution in [-0.2, 0) is 16.2 Å². The Morgan fingerprint density at radius 3 is 2.40 bits per heavy atom. The van der Waals surface area contributed by atoms with Gasteiger partial charge in [-0.1, -0.05) is 6.07 Å². The van der Waals surface area contributed by atoms with E-state index in [0.717, 1.165) is 25.1 Å². The van der Waals surface area contributed by atoms with Crippen LogP contribution in [0.2, 0.25) is 0 Å². The van der Waals surface area contributed by atoms with Crippen LogP contribution in [0.1, 0.15) is 24.0 Å². The highest BCUT2D eigenvalue weighted by molar-refractivity contribution is 7.89. The lowest BCUT2D eigenvalue weighted by Gasteiger charge is -2.18. The molecule has 0 bridgehead atoms. The van der Waals surface area contributed by atoms with Crippen LogP contribution in [0.15, 0.2) is 23.1 Å². The van der Waals surface area contributed by atoms with Gasteiger partial charge in [0, 0.05) is 11.4 Å². The molecule has 20 heavy (non-hydrogen) atoms. The van der Waals surface area contributed by atoms with E-state index < -0.39 is 27.3 Å². The zero-order valence-corrected chi connectivity index (χ0v) is 12.2. The van der Waals surface area contributed by atoms with Gasteiger partial charge in [-0.15, -0.1) is 11.6 Å². The SMILES string of the molecule is Cc1c(C(F)(F)F)cccc1S(=O)(=O)NC1(CCl)CC1. The third kappa shape index (κ3) is 2.94. The minimum atomic E-state index is -4.58. The smallest absolute Gasteiger partial charge is 0.207 e. The normalized spacial score (nSPS) is 18.1. The summed E-state index contributed by atoms with van der Waals surface area (Å²) in [5, 5.41) is 0. The van der Waals surface area contributed by atoms with Gasteiger partial charge in [-0.25, -0.2) is 13.1 Å². The van der Waals surface area contributed by atoms with E-state index in [4.69, 9.17) is 11.6 Å². The van der Waals surface area contributed by atoms with Crippen molar-refractivity contribution in [3.63, 3.8) is 0 Å². The molecule has 112 valence electrons. The van der Waals surface area contributed by atoms with Crippen LogP contribution in [0.4, 0.5) is 13.2 Å². The number of benzene rings is 1. The molecule has 0 aromatic heterocycles. The highest BCUT2D eigenvalue weighted by Crippen LogP contribution is 2.39. The maximum absolute atomic E-state index is 12.8. The molecule has 0 unspecified atom stereocenters. The van der Waals surface area contributed by atoms with Gasteiger partial charge >= 0.3 is 6.18 Å². The van der Waals surface area contributed by atoms with E-state index >= 15 is 0 Å². The monoisotopic (exact) mass is 327 g/mol. The minimum Gasteiger partial charge on any atom is -0.207 e. The van der Waals surface area contributed by atoms with Gasteiger partial charge < -0.3 is 0 Å².